The van der Waals surface area contributed by atoms with Gasteiger partial charge < -0.3 is 14.9 Å². The Kier molecular flexibility index (Phi) is 2.95. The Hall–Kier alpha value is -0.610. The number of carbonyl (C=O) groups excluding carboxylic acids is 1. The van der Waals surface area contributed by atoms with Crippen molar-refractivity contribution in [2.24, 2.45) is 29.1 Å². The molecule has 2 aliphatic carbocycles. The van der Waals surface area contributed by atoms with Crippen molar-refractivity contribution in [1.29, 1.82) is 0 Å². The minimum atomic E-state index is -0.463. The molecule has 0 bridgehead atoms. The average Bonchev–Trinajstić information content (AvgIpc) is 2.61. The molecule has 2 saturated carbocycles. The van der Waals surface area contributed by atoms with Crippen LogP contribution >= 0.6 is 0 Å². The smallest absolute Gasteiger partial charge is 0.309 e. The van der Waals surface area contributed by atoms with Crippen LogP contribution < -0.4 is 0 Å². The van der Waals surface area contributed by atoms with Crippen LogP contribution in [0, 0.1) is 29.1 Å². The molecule has 3 fully saturated rings. The zero-order chi connectivity index (χ0) is 13.9. The number of carbonyl (C=O) groups is 1. The Bertz CT molecular complexity index is 396. The van der Waals surface area contributed by atoms with Crippen LogP contribution in [0.2, 0.25) is 0 Å². The number of hydrogen-bond acceptors (Lipinski definition) is 4. The normalized spacial score (nSPS) is 57.3. The van der Waals surface area contributed by atoms with E-state index in [9.17, 15) is 15.0 Å². The van der Waals surface area contributed by atoms with Crippen LogP contribution in [0.5, 0.6) is 0 Å². The second-order valence-corrected chi connectivity index (χ2v) is 7.18. The molecule has 8 atom stereocenters. The summed E-state index contributed by atoms with van der Waals surface area (Å²) < 4.78 is 5.59. The van der Waals surface area contributed by atoms with Crippen LogP contribution in [-0.4, -0.2) is 34.5 Å². The van der Waals surface area contributed by atoms with E-state index in [0.717, 1.165) is 19.3 Å². The Balaban J connectivity index is 1.98. The summed E-state index contributed by atoms with van der Waals surface area (Å²) >= 11 is 0. The standard InChI is InChI=1S/C15H24O4/c1-7-9(16)4-5-15(3)6-10(17)11-8(2)14(18)19-13(11)12(7)15/h7-13,16-17H,4-6H2,1-3H3/t7-,8+,9-,10+,11-,12-,13+,15-/m1/s1. The molecule has 1 heterocycles. The summed E-state index contributed by atoms with van der Waals surface area (Å²) in [5, 5.41) is 20.6. The van der Waals surface area contributed by atoms with Gasteiger partial charge in [-0.15, -0.1) is 0 Å². The summed E-state index contributed by atoms with van der Waals surface area (Å²) in [5.41, 5.74) is -0.0242. The molecule has 3 aliphatic rings. The van der Waals surface area contributed by atoms with Gasteiger partial charge in [-0.25, -0.2) is 0 Å². The first-order chi connectivity index (χ1) is 8.85. The van der Waals surface area contributed by atoms with E-state index in [-0.39, 0.29) is 47.3 Å². The van der Waals surface area contributed by atoms with Gasteiger partial charge in [0.1, 0.15) is 6.10 Å². The SMILES string of the molecule is C[C@H]1[C@@H]2[C@H]3OC(=O)[C@@H](C)[C@@H]3[C@@H](O)C[C@@]2(C)CC[C@H]1O. The lowest BCUT2D eigenvalue weighted by atomic mass is 9.52. The third kappa shape index (κ3) is 1.76. The van der Waals surface area contributed by atoms with Crippen LogP contribution in [0.1, 0.15) is 40.0 Å². The van der Waals surface area contributed by atoms with Crippen molar-refractivity contribution in [1.82, 2.24) is 0 Å². The fourth-order valence-electron chi connectivity index (χ4n) is 4.96. The fourth-order valence-corrected chi connectivity index (χ4v) is 4.96. The summed E-state index contributed by atoms with van der Waals surface area (Å²) in [6.45, 7) is 6.08. The second-order valence-electron chi connectivity index (χ2n) is 7.18. The summed E-state index contributed by atoms with van der Waals surface area (Å²) in [6.07, 6.45) is 1.40. The highest BCUT2D eigenvalue weighted by molar-refractivity contribution is 5.75. The molecule has 0 unspecified atom stereocenters. The molecule has 1 saturated heterocycles. The molecule has 0 aromatic heterocycles. The number of rotatable bonds is 0. The average molecular weight is 268 g/mol. The van der Waals surface area contributed by atoms with Gasteiger partial charge in [0.05, 0.1) is 18.1 Å². The summed E-state index contributed by atoms with van der Waals surface area (Å²) in [5.74, 6) is -0.227. The van der Waals surface area contributed by atoms with E-state index in [4.69, 9.17) is 4.74 Å². The Morgan fingerprint density at radius 3 is 2.63 bits per heavy atom. The minimum absolute atomic E-state index is 0.0242. The molecule has 108 valence electrons. The predicted molar refractivity (Wildman–Crippen MR) is 69.2 cm³/mol. The fraction of sp³-hybridized carbons (Fsp3) is 0.933. The number of esters is 1. The number of aliphatic hydroxyl groups excluding tert-OH is 2. The van der Waals surface area contributed by atoms with Crippen molar-refractivity contribution < 1.29 is 19.7 Å². The third-order valence-electron chi connectivity index (χ3n) is 6.04. The maximum absolute atomic E-state index is 11.9. The minimum Gasteiger partial charge on any atom is -0.461 e. The molecule has 1 aliphatic heterocycles. The molecule has 3 rings (SSSR count). The van der Waals surface area contributed by atoms with Crippen LogP contribution in [-0.2, 0) is 9.53 Å². The summed E-state index contributed by atoms with van der Waals surface area (Å²) in [7, 11) is 0. The van der Waals surface area contributed by atoms with Gasteiger partial charge in [-0.1, -0.05) is 20.8 Å². The molecular weight excluding hydrogens is 244 g/mol. The van der Waals surface area contributed by atoms with Crippen molar-refractivity contribution in [2.45, 2.75) is 58.3 Å². The zero-order valence-electron chi connectivity index (χ0n) is 11.9. The van der Waals surface area contributed by atoms with Gasteiger partial charge in [-0.05, 0) is 30.6 Å². The molecule has 0 spiro atoms. The first kappa shape index (κ1) is 13.4. The van der Waals surface area contributed by atoms with Gasteiger partial charge in [-0.2, -0.15) is 0 Å². The van der Waals surface area contributed by atoms with Gasteiger partial charge in [0.25, 0.3) is 0 Å². The van der Waals surface area contributed by atoms with Crippen LogP contribution in [0.4, 0.5) is 0 Å². The lowest BCUT2D eigenvalue weighted by Gasteiger charge is -2.55. The van der Waals surface area contributed by atoms with Gasteiger partial charge >= 0.3 is 5.97 Å². The molecule has 2 N–H and O–H groups in total. The first-order valence-corrected chi connectivity index (χ1v) is 7.42. The Labute approximate surface area is 114 Å². The van der Waals surface area contributed by atoms with E-state index in [1.54, 1.807) is 0 Å². The van der Waals surface area contributed by atoms with E-state index in [2.05, 4.69) is 13.8 Å². The largest absolute Gasteiger partial charge is 0.461 e. The number of aliphatic hydroxyl groups is 2. The molecule has 0 aromatic rings. The van der Waals surface area contributed by atoms with Crippen molar-refractivity contribution in [3.05, 3.63) is 0 Å². The van der Waals surface area contributed by atoms with Gasteiger partial charge in [0.15, 0.2) is 0 Å². The maximum atomic E-state index is 11.9. The number of fused-ring (bicyclic) bond motifs is 3. The maximum Gasteiger partial charge on any atom is 0.309 e. The van der Waals surface area contributed by atoms with Crippen LogP contribution in [0.3, 0.4) is 0 Å². The monoisotopic (exact) mass is 268 g/mol. The second kappa shape index (κ2) is 4.19. The number of ether oxygens (including phenoxy) is 1. The van der Waals surface area contributed by atoms with E-state index in [1.807, 2.05) is 6.92 Å². The highest BCUT2D eigenvalue weighted by Crippen LogP contribution is 2.57. The van der Waals surface area contributed by atoms with Crippen molar-refractivity contribution in [2.75, 3.05) is 0 Å². The Morgan fingerprint density at radius 1 is 1.26 bits per heavy atom. The number of hydrogen-bond donors (Lipinski definition) is 2. The molecule has 0 amide bonds. The molecule has 0 aromatic carbocycles. The first-order valence-electron chi connectivity index (χ1n) is 7.42. The lowest BCUT2D eigenvalue weighted by molar-refractivity contribution is -0.172. The van der Waals surface area contributed by atoms with Gasteiger partial charge in [-0.3, -0.25) is 4.79 Å². The van der Waals surface area contributed by atoms with Crippen LogP contribution in [0.15, 0.2) is 0 Å². The Morgan fingerprint density at radius 2 is 1.95 bits per heavy atom. The highest BCUT2D eigenvalue weighted by Gasteiger charge is 2.61. The highest BCUT2D eigenvalue weighted by atomic mass is 16.6. The molecule has 19 heavy (non-hydrogen) atoms. The predicted octanol–water partition coefficient (Wildman–Crippen LogP) is 1.34. The molecule has 4 heteroatoms. The summed E-state index contributed by atoms with van der Waals surface area (Å²) in [6, 6.07) is 0. The van der Waals surface area contributed by atoms with Crippen molar-refractivity contribution in [3.8, 4) is 0 Å². The van der Waals surface area contributed by atoms with Crippen molar-refractivity contribution in [3.63, 3.8) is 0 Å². The zero-order valence-corrected chi connectivity index (χ0v) is 11.9. The van der Waals surface area contributed by atoms with Gasteiger partial charge in [0, 0.05) is 11.8 Å². The van der Waals surface area contributed by atoms with Crippen molar-refractivity contribution >= 4 is 5.97 Å². The van der Waals surface area contributed by atoms with E-state index < -0.39 is 6.10 Å². The quantitative estimate of drug-likeness (QED) is 0.651. The third-order valence-corrected chi connectivity index (χ3v) is 6.04. The molecular formula is C15H24O4. The van der Waals surface area contributed by atoms with Crippen LogP contribution in [0.25, 0.3) is 0 Å². The van der Waals surface area contributed by atoms with Gasteiger partial charge in [0.2, 0.25) is 0 Å². The van der Waals surface area contributed by atoms with E-state index in [1.165, 1.54) is 0 Å². The van der Waals surface area contributed by atoms with E-state index in [0.29, 0.717) is 0 Å². The van der Waals surface area contributed by atoms with E-state index >= 15 is 0 Å². The molecule has 0 radical (unpaired) electrons. The topological polar surface area (TPSA) is 66.8 Å². The lowest BCUT2D eigenvalue weighted by Crippen LogP contribution is -2.57. The summed E-state index contributed by atoms with van der Waals surface area (Å²) in [4.78, 5) is 11.9. The molecule has 4 nitrogen and oxygen atoms in total.